The molecule has 0 aliphatic heterocycles. The smallest absolute Gasteiger partial charge is 0.236 e. The molecule has 0 saturated heterocycles. The maximum absolute atomic E-state index is 12.1. The van der Waals surface area contributed by atoms with Gasteiger partial charge in [0.2, 0.25) is 5.91 Å². The average Bonchev–Trinajstić information content (AvgIpc) is 3.31. The molecule has 1 amide bonds. The monoisotopic (exact) mass is 401 g/mol. The minimum absolute atomic E-state index is 0.141. The van der Waals surface area contributed by atoms with Crippen molar-refractivity contribution in [1.82, 2.24) is 19.7 Å². The Bertz CT molecular complexity index is 881. The summed E-state index contributed by atoms with van der Waals surface area (Å²) in [5, 5.41) is 14.3. The number of nitrogens with zero attached hydrogens (tertiary/aromatic N) is 4. The maximum Gasteiger partial charge on any atom is 0.236 e. The lowest BCUT2D eigenvalue weighted by Crippen LogP contribution is -2.15. The Morgan fingerprint density at radius 2 is 2.22 bits per heavy atom. The SMILES string of the molecule is C=CCn1c(SCC(=O)Nc2nccs2)nnc1C(C)Oc1ccccc1. The first-order chi connectivity index (χ1) is 13.2. The van der Waals surface area contributed by atoms with Crippen molar-refractivity contribution in [2.75, 3.05) is 11.1 Å². The van der Waals surface area contributed by atoms with Crippen LogP contribution in [0.4, 0.5) is 5.13 Å². The second-order valence-electron chi connectivity index (χ2n) is 5.49. The Balaban J connectivity index is 1.67. The van der Waals surface area contributed by atoms with E-state index >= 15 is 0 Å². The van der Waals surface area contributed by atoms with Crippen LogP contribution in [0.15, 0.2) is 59.7 Å². The number of anilines is 1. The summed E-state index contributed by atoms with van der Waals surface area (Å²) >= 11 is 2.69. The first-order valence-electron chi connectivity index (χ1n) is 8.25. The summed E-state index contributed by atoms with van der Waals surface area (Å²) in [6.45, 7) is 6.24. The fraction of sp³-hybridized carbons (Fsp3) is 0.222. The second-order valence-corrected chi connectivity index (χ2v) is 7.32. The molecule has 1 N–H and O–H groups in total. The zero-order chi connectivity index (χ0) is 19.1. The van der Waals surface area contributed by atoms with Gasteiger partial charge in [0.25, 0.3) is 0 Å². The maximum atomic E-state index is 12.1. The predicted molar refractivity (Wildman–Crippen MR) is 107 cm³/mol. The molecule has 0 bridgehead atoms. The molecular weight excluding hydrogens is 382 g/mol. The van der Waals surface area contributed by atoms with Gasteiger partial charge >= 0.3 is 0 Å². The molecule has 2 aromatic heterocycles. The van der Waals surface area contributed by atoms with Crippen LogP contribution in [0.3, 0.4) is 0 Å². The van der Waals surface area contributed by atoms with Crippen molar-refractivity contribution in [1.29, 1.82) is 0 Å². The first kappa shape index (κ1) is 19.1. The molecule has 0 fully saturated rings. The van der Waals surface area contributed by atoms with Crippen molar-refractivity contribution >= 4 is 34.1 Å². The summed E-state index contributed by atoms with van der Waals surface area (Å²) in [6.07, 6.45) is 3.12. The Morgan fingerprint density at radius 3 is 2.93 bits per heavy atom. The summed E-state index contributed by atoms with van der Waals surface area (Å²) in [5.74, 6) is 1.51. The number of thiazole rings is 1. The van der Waals surface area contributed by atoms with E-state index in [0.717, 1.165) is 5.75 Å². The van der Waals surface area contributed by atoms with E-state index in [1.807, 2.05) is 47.2 Å². The zero-order valence-corrected chi connectivity index (χ0v) is 16.4. The molecule has 1 atom stereocenters. The van der Waals surface area contributed by atoms with E-state index in [2.05, 4.69) is 27.1 Å². The van der Waals surface area contributed by atoms with Gasteiger partial charge in [0, 0.05) is 18.1 Å². The van der Waals surface area contributed by atoms with E-state index in [1.54, 1.807) is 12.3 Å². The highest BCUT2D eigenvalue weighted by molar-refractivity contribution is 7.99. The van der Waals surface area contributed by atoms with Crippen molar-refractivity contribution in [3.05, 3.63) is 60.4 Å². The molecule has 0 saturated carbocycles. The number of aromatic nitrogens is 4. The van der Waals surface area contributed by atoms with E-state index in [0.29, 0.717) is 22.7 Å². The molecule has 27 heavy (non-hydrogen) atoms. The minimum Gasteiger partial charge on any atom is -0.483 e. The normalized spacial score (nSPS) is 11.7. The van der Waals surface area contributed by atoms with Crippen molar-refractivity contribution in [3.63, 3.8) is 0 Å². The zero-order valence-electron chi connectivity index (χ0n) is 14.7. The van der Waals surface area contributed by atoms with Gasteiger partial charge in [0.15, 0.2) is 22.2 Å². The molecule has 7 nitrogen and oxygen atoms in total. The summed E-state index contributed by atoms with van der Waals surface area (Å²) in [4.78, 5) is 16.1. The Kier molecular flexibility index (Phi) is 6.61. The van der Waals surface area contributed by atoms with Gasteiger partial charge in [-0.05, 0) is 19.1 Å². The van der Waals surface area contributed by atoms with Gasteiger partial charge in [0.05, 0.1) is 5.75 Å². The number of amides is 1. The topological polar surface area (TPSA) is 81.9 Å². The Hall–Kier alpha value is -2.65. The van der Waals surface area contributed by atoms with Gasteiger partial charge in [-0.25, -0.2) is 4.98 Å². The predicted octanol–water partition coefficient (Wildman–Crippen LogP) is 3.79. The van der Waals surface area contributed by atoms with Crippen molar-refractivity contribution < 1.29 is 9.53 Å². The molecule has 140 valence electrons. The molecule has 3 rings (SSSR count). The van der Waals surface area contributed by atoms with Gasteiger partial charge in [-0.15, -0.1) is 28.1 Å². The number of thioether (sulfide) groups is 1. The Morgan fingerprint density at radius 1 is 1.41 bits per heavy atom. The van der Waals surface area contributed by atoms with E-state index in [1.165, 1.54) is 23.1 Å². The van der Waals surface area contributed by atoms with E-state index in [-0.39, 0.29) is 17.8 Å². The second kappa shape index (κ2) is 9.33. The number of carbonyl (C=O) groups excluding carboxylic acids is 1. The molecule has 0 spiro atoms. The number of ether oxygens (including phenoxy) is 1. The Labute approximate surface area is 165 Å². The number of carbonyl (C=O) groups is 1. The number of hydrogen-bond donors (Lipinski definition) is 1. The van der Waals surface area contributed by atoms with Crippen molar-refractivity contribution in [2.24, 2.45) is 0 Å². The van der Waals surface area contributed by atoms with Crippen molar-refractivity contribution in [2.45, 2.75) is 24.7 Å². The molecule has 3 aromatic rings. The van der Waals surface area contributed by atoms with Gasteiger partial charge in [-0.3, -0.25) is 9.36 Å². The first-order valence-corrected chi connectivity index (χ1v) is 10.1. The summed E-state index contributed by atoms with van der Waals surface area (Å²) in [6, 6.07) is 9.55. The average molecular weight is 402 g/mol. The highest BCUT2D eigenvalue weighted by Crippen LogP contribution is 2.24. The fourth-order valence-electron chi connectivity index (χ4n) is 2.33. The largest absolute Gasteiger partial charge is 0.483 e. The van der Waals surface area contributed by atoms with Gasteiger partial charge < -0.3 is 10.1 Å². The highest BCUT2D eigenvalue weighted by atomic mass is 32.2. The molecule has 1 unspecified atom stereocenters. The number of rotatable bonds is 9. The van der Waals surface area contributed by atoms with Gasteiger partial charge in [0.1, 0.15) is 5.75 Å². The van der Waals surface area contributed by atoms with Crippen LogP contribution in [0.2, 0.25) is 0 Å². The van der Waals surface area contributed by atoms with Gasteiger partial charge in [-0.1, -0.05) is 36.0 Å². The minimum atomic E-state index is -0.293. The van der Waals surface area contributed by atoms with Crippen LogP contribution in [0, 0.1) is 0 Å². The molecule has 1 aromatic carbocycles. The molecule has 0 radical (unpaired) electrons. The van der Waals surface area contributed by atoms with Crippen molar-refractivity contribution in [3.8, 4) is 5.75 Å². The third-order valence-electron chi connectivity index (χ3n) is 3.49. The molecule has 0 aliphatic carbocycles. The van der Waals surface area contributed by atoms with Crippen LogP contribution >= 0.6 is 23.1 Å². The van der Waals surface area contributed by atoms with Crippen LogP contribution in [0.1, 0.15) is 18.9 Å². The summed E-state index contributed by atoms with van der Waals surface area (Å²) in [7, 11) is 0. The van der Waals surface area contributed by atoms with E-state index < -0.39 is 0 Å². The standard InChI is InChI=1S/C18H19N5O2S2/c1-3-10-23-16(13(2)25-14-7-5-4-6-8-14)21-22-18(23)27-12-15(24)20-17-19-9-11-26-17/h3-9,11,13H,1,10,12H2,2H3,(H,19,20,24). The summed E-state index contributed by atoms with van der Waals surface area (Å²) < 4.78 is 7.85. The van der Waals surface area contributed by atoms with Crippen LogP contribution < -0.4 is 10.1 Å². The fourth-order valence-corrected chi connectivity index (χ4v) is 3.63. The molecule has 2 heterocycles. The van der Waals surface area contributed by atoms with Crippen LogP contribution in [-0.2, 0) is 11.3 Å². The number of allylic oxidation sites excluding steroid dienone is 1. The lowest BCUT2D eigenvalue weighted by molar-refractivity contribution is -0.113. The number of para-hydroxylation sites is 1. The van der Waals surface area contributed by atoms with E-state index in [4.69, 9.17) is 4.74 Å². The molecular formula is C18H19N5O2S2. The van der Waals surface area contributed by atoms with E-state index in [9.17, 15) is 4.79 Å². The highest BCUT2D eigenvalue weighted by Gasteiger charge is 2.19. The van der Waals surface area contributed by atoms with Crippen LogP contribution in [0.5, 0.6) is 5.75 Å². The number of benzene rings is 1. The lowest BCUT2D eigenvalue weighted by Gasteiger charge is -2.15. The summed E-state index contributed by atoms with van der Waals surface area (Å²) in [5.41, 5.74) is 0. The third kappa shape index (κ3) is 5.18. The lowest BCUT2D eigenvalue weighted by atomic mass is 10.3. The molecule has 9 heteroatoms. The number of hydrogen-bond acceptors (Lipinski definition) is 7. The van der Waals surface area contributed by atoms with Gasteiger partial charge in [-0.2, -0.15) is 0 Å². The van der Waals surface area contributed by atoms with Crippen LogP contribution in [0.25, 0.3) is 0 Å². The quantitative estimate of drug-likeness (QED) is 0.434. The molecule has 0 aliphatic rings. The third-order valence-corrected chi connectivity index (χ3v) is 5.14. The van der Waals surface area contributed by atoms with Crippen LogP contribution in [-0.4, -0.2) is 31.4 Å². The number of nitrogens with one attached hydrogen (secondary N) is 1.